The molecule has 0 saturated heterocycles. The Balaban J connectivity index is 1.98. The molecular formula is C16H22N6O2. The van der Waals surface area contributed by atoms with Crippen LogP contribution in [0.4, 0.5) is 11.6 Å². The first-order valence-electron chi connectivity index (χ1n) is 7.87. The molecule has 2 amide bonds. The van der Waals surface area contributed by atoms with E-state index in [4.69, 9.17) is 5.73 Å². The molecule has 0 fully saturated rings. The molecule has 2 aromatic heterocycles. The third kappa shape index (κ3) is 4.55. The second-order valence-electron chi connectivity index (χ2n) is 5.21. The smallest absolute Gasteiger partial charge is 0.258 e. The molecule has 0 atom stereocenters. The van der Waals surface area contributed by atoms with Gasteiger partial charge in [0.15, 0.2) is 5.82 Å². The van der Waals surface area contributed by atoms with Gasteiger partial charge in [-0.1, -0.05) is 0 Å². The van der Waals surface area contributed by atoms with E-state index >= 15 is 0 Å². The summed E-state index contributed by atoms with van der Waals surface area (Å²) in [5.74, 6) is 0.578. The fourth-order valence-electron chi connectivity index (χ4n) is 2.22. The average Bonchev–Trinajstić information content (AvgIpc) is 3.02. The van der Waals surface area contributed by atoms with Gasteiger partial charge >= 0.3 is 0 Å². The largest absolute Gasteiger partial charge is 0.370 e. The zero-order valence-electron chi connectivity index (χ0n) is 13.9. The fraction of sp³-hybridized carbons (Fsp3) is 0.375. The van der Waals surface area contributed by atoms with E-state index in [0.29, 0.717) is 17.9 Å². The third-order valence-electron chi connectivity index (χ3n) is 3.57. The van der Waals surface area contributed by atoms with E-state index in [1.54, 1.807) is 29.2 Å². The molecule has 8 heteroatoms. The maximum absolute atomic E-state index is 12.2. The number of amides is 2. The van der Waals surface area contributed by atoms with Crippen molar-refractivity contribution in [3.63, 3.8) is 0 Å². The van der Waals surface area contributed by atoms with Crippen LogP contribution in [0.25, 0.3) is 0 Å². The number of nitrogens with zero attached hydrogens (tertiary/aromatic N) is 4. The number of hydrogen-bond donors (Lipinski definition) is 2. The Kier molecular flexibility index (Phi) is 5.89. The number of pyridine rings is 1. The summed E-state index contributed by atoms with van der Waals surface area (Å²) in [5.41, 5.74) is 5.55. The molecule has 24 heavy (non-hydrogen) atoms. The van der Waals surface area contributed by atoms with E-state index in [1.807, 2.05) is 6.07 Å². The lowest BCUT2D eigenvalue weighted by molar-refractivity contribution is -0.118. The van der Waals surface area contributed by atoms with Crippen LogP contribution in [-0.4, -0.2) is 39.7 Å². The molecule has 2 aromatic rings. The molecular weight excluding hydrogens is 308 g/mol. The van der Waals surface area contributed by atoms with Gasteiger partial charge in [0.05, 0.1) is 5.56 Å². The van der Waals surface area contributed by atoms with E-state index < -0.39 is 5.91 Å². The van der Waals surface area contributed by atoms with Gasteiger partial charge in [-0.05, 0) is 26.0 Å². The number of nitrogens with one attached hydrogen (secondary N) is 1. The molecule has 0 aliphatic rings. The molecule has 0 spiro atoms. The molecule has 0 saturated carbocycles. The third-order valence-corrected chi connectivity index (χ3v) is 3.57. The first-order chi connectivity index (χ1) is 11.5. The lowest BCUT2D eigenvalue weighted by Gasteiger charge is -2.19. The van der Waals surface area contributed by atoms with Gasteiger partial charge in [0.1, 0.15) is 5.82 Å². The maximum atomic E-state index is 12.2. The molecule has 2 heterocycles. The SMILES string of the molecule is CCN(CC)c1ccc(C(=O)Nc2ccn(CCC(N)=O)n2)cn1. The number of primary amides is 1. The number of nitrogens with two attached hydrogens (primary N) is 1. The van der Waals surface area contributed by atoms with Gasteiger partial charge in [-0.15, -0.1) is 0 Å². The standard InChI is InChI=1S/C16H22N6O2/c1-3-21(4-2)15-6-5-12(11-18-15)16(24)19-14-8-10-22(20-14)9-7-13(17)23/h5-6,8,10-11H,3-4,7,9H2,1-2H3,(H2,17,23)(H,19,20,24). The first-order valence-corrected chi connectivity index (χ1v) is 7.87. The van der Waals surface area contributed by atoms with Crippen molar-refractivity contribution in [2.75, 3.05) is 23.3 Å². The highest BCUT2D eigenvalue weighted by atomic mass is 16.2. The quantitative estimate of drug-likeness (QED) is 0.758. The Hall–Kier alpha value is -2.90. The number of aryl methyl sites for hydroxylation is 1. The molecule has 8 nitrogen and oxygen atoms in total. The Labute approximate surface area is 140 Å². The summed E-state index contributed by atoms with van der Waals surface area (Å²) in [6.07, 6.45) is 3.43. The highest BCUT2D eigenvalue weighted by molar-refractivity contribution is 6.03. The summed E-state index contributed by atoms with van der Waals surface area (Å²) in [4.78, 5) is 29.4. The number of aromatic nitrogens is 3. The molecule has 0 aromatic carbocycles. The summed E-state index contributed by atoms with van der Waals surface area (Å²) in [6.45, 7) is 6.21. The Morgan fingerprint density at radius 2 is 2.00 bits per heavy atom. The van der Waals surface area contributed by atoms with Gasteiger partial charge in [0, 0.05) is 44.5 Å². The highest BCUT2D eigenvalue weighted by Gasteiger charge is 2.10. The maximum Gasteiger partial charge on any atom is 0.258 e. The predicted molar refractivity (Wildman–Crippen MR) is 91.8 cm³/mol. The molecule has 0 aliphatic carbocycles. The lowest BCUT2D eigenvalue weighted by atomic mass is 10.2. The van der Waals surface area contributed by atoms with Crippen LogP contribution in [0.2, 0.25) is 0 Å². The van der Waals surface area contributed by atoms with Gasteiger partial charge in [0.25, 0.3) is 5.91 Å². The zero-order valence-corrected chi connectivity index (χ0v) is 13.9. The molecule has 0 aliphatic heterocycles. The second kappa shape index (κ2) is 8.09. The van der Waals surface area contributed by atoms with Gasteiger partial charge in [-0.3, -0.25) is 14.3 Å². The highest BCUT2D eigenvalue weighted by Crippen LogP contribution is 2.12. The van der Waals surface area contributed by atoms with Crippen LogP contribution in [0, 0.1) is 0 Å². The fourth-order valence-corrected chi connectivity index (χ4v) is 2.22. The number of hydrogen-bond acceptors (Lipinski definition) is 5. The number of anilines is 2. The molecule has 2 rings (SSSR count). The molecule has 3 N–H and O–H groups in total. The zero-order chi connectivity index (χ0) is 17.5. The van der Waals surface area contributed by atoms with Crippen LogP contribution >= 0.6 is 0 Å². The molecule has 0 radical (unpaired) electrons. The van der Waals surface area contributed by atoms with Crippen molar-refractivity contribution in [2.24, 2.45) is 5.73 Å². The van der Waals surface area contributed by atoms with Crippen molar-refractivity contribution in [3.05, 3.63) is 36.2 Å². The minimum absolute atomic E-state index is 0.200. The van der Waals surface area contributed by atoms with Crippen LogP contribution in [0.3, 0.4) is 0 Å². The Bertz CT molecular complexity index is 691. The summed E-state index contributed by atoms with van der Waals surface area (Å²) in [7, 11) is 0. The van der Waals surface area contributed by atoms with Crippen molar-refractivity contribution in [1.29, 1.82) is 0 Å². The van der Waals surface area contributed by atoms with Crippen molar-refractivity contribution in [1.82, 2.24) is 14.8 Å². The van der Waals surface area contributed by atoms with E-state index in [2.05, 4.69) is 34.1 Å². The van der Waals surface area contributed by atoms with Crippen molar-refractivity contribution in [2.45, 2.75) is 26.8 Å². The van der Waals surface area contributed by atoms with E-state index in [9.17, 15) is 9.59 Å². The van der Waals surface area contributed by atoms with E-state index in [0.717, 1.165) is 18.9 Å². The van der Waals surface area contributed by atoms with E-state index in [-0.39, 0.29) is 12.3 Å². The Morgan fingerprint density at radius 3 is 2.58 bits per heavy atom. The van der Waals surface area contributed by atoms with Crippen molar-refractivity contribution >= 4 is 23.5 Å². The molecule has 0 unspecified atom stereocenters. The summed E-state index contributed by atoms with van der Waals surface area (Å²) < 4.78 is 1.56. The van der Waals surface area contributed by atoms with Gasteiger partial charge < -0.3 is 16.0 Å². The summed E-state index contributed by atoms with van der Waals surface area (Å²) in [5, 5.41) is 6.87. The van der Waals surface area contributed by atoms with E-state index in [1.165, 1.54) is 0 Å². The molecule has 0 bridgehead atoms. The Morgan fingerprint density at radius 1 is 1.25 bits per heavy atom. The molecule has 128 valence electrons. The van der Waals surface area contributed by atoms with Crippen molar-refractivity contribution < 1.29 is 9.59 Å². The van der Waals surface area contributed by atoms with Gasteiger partial charge in [0.2, 0.25) is 5.91 Å². The van der Waals surface area contributed by atoms with Crippen molar-refractivity contribution in [3.8, 4) is 0 Å². The normalized spacial score (nSPS) is 10.4. The summed E-state index contributed by atoms with van der Waals surface area (Å²) in [6, 6.07) is 5.23. The van der Waals surface area contributed by atoms with Crippen LogP contribution < -0.4 is 16.0 Å². The lowest BCUT2D eigenvalue weighted by Crippen LogP contribution is -2.23. The minimum Gasteiger partial charge on any atom is -0.370 e. The number of rotatable bonds is 8. The summed E-state index contributed by atoms with van der Waals surface area (Å²) >= 11 is 0. The van der Waals surface area contributed by atoms with Crippen LogP contribution in [-0.2, 0) is 11.3 Å². The van der Waals surface area contributed by atoms with Crippen LogP contribution in [0.5, 0.6) is 0 Å². The van der Waals surface area contributed by atoms with Crippen LogP contribution in [0.15, 0.2) is 30.6 Å². The predicted octanol–water partition coefficient (Wildman–Crippen LogP) is 1.25. The van der Waals surface area contributed by atoms with Gasteiger partial charge in [-0.2, -0.15) is 5.10 Å². The second-order valence-corrected chi connectivity index (χ2v) is 5.21. The topological polar surface area (TPSA) is 106 Å². The van der Waals surface area contributed by atoms with Crippen LogP contribution in [0.1, 0.15) is 30.6 Å². The number of carbonyl (C=O) groups excluding carboxylic acids is 2. The van der Waals surface area contributed by atoms with Gasteiger partial charge in [-0.25, -0.2) is 4.98 Å². The minimum atomic E-state index is -0.393. The average molecular weight is 330 g/mol. The number of carbonyl (C=O) groups is 2. The first kappa shape index (κ1) is 17.5. The monoisotopic (exact) mass is 330 g/mol.